The number of aliphatic hydroxyl groups excluding tert-OH is 1. The number of pyridine rings is 1. The minimum Gasteiger partial charge on any atom is -0.369 e. The standard InChI is InChI=1S/C7H6Cl4N2O/c8-4-1-2-5(12-3-4)13-6(14)7(9,10)11/h1-3,6,14H,(H,12,13). The molecule has 1 aromatic heterocycles. The van der Waals surface area contributed by atoms with Crippen molar-refractivity contribution in [1.29, 1.82) is 0 Å². The fourth-order valence-electron chi connectivity index (χ4n) is 0.683. The molecule has 3 nitrogen and oxygen atoms in total. The Kier molecular flexibility index (Phi) is 4.10. The van der Waals surface area contributed by atoms with Gasteiger partial charge in [-0.15, -0.1) is 0 Å². The molecule has 0 aliphatic rings. The highest BCUT2D eigenvalue weighted by Gasteiger charge is 2.30. The maximum Gasteiger partial charge on any atom is 0.234 e. The van der Waals surface area contributed by atoms with E-state index < -0.39 is 10.0 Å². The molecule has 78 valence electrons. The van der Waals surface area contributed by atoms with Crippen LogP contribution in [0.3, 0.4) is 0 Å². The topological polar surface area (TPSA) is 45.1 Å². The second-order valence-corrected chi connectivity index (χ2v) is 5.26. The normalized spacial score (nSPS) is 13.8. The highest BCUT2D eigenvalue weighted by atomic mass is 35.6. The third-order valence-electron chi connectivity index (χ3n) is 1.32. The van der Waals surface area contributed by atoms with E-state index in [4.69, 9.17) is 46.4 Å². The van der Waals surface area contributed by atoms with Crippen LogP contribution in [0.25, 0.3) is 0 Å². The summed E-state index contributed by atoms with van der Waals surface area (Å²) in [5, 5.41) is 12.3. The third-order valence-corrected chi connectivity index (χ3v) is 2.17. The summed E-state index contributed by atoms with van der Waals surface area (Å²) in [5.41, 5.74) is 0. The molecular weight excluding hydrogens is 270 g/mol. The summed E-state index contributed by atoms with van der Waals surface area (Å²) >= 11 is 21.9. The van der Waals surface area contributed by atoms with E-state index >= 15 is 0 Å². The Morgan fingerprint density at radius 3 is 2.43 bits per heavy atom. The van der Waals surface area contributed by atoms with Gasteiger partial charge in [0, 0.05) is 6.20 Å². The van der Waals surface area contributed by atoms with Crippen molar-refractivity contribution < 1.29 is 5.11 Å². The van der Waals surface area contributed by atoms with Crippen LogP contribution in [0.1, 0.15) is 0 Å². The van der Waals surface area contributed by atoms with Crippen LogP contribution >= 0.6 is 46.4 Å². The molecule has 0 fully saturated rings. The molecule has 0 aromatic carbocycles. The summed E-state index contributed by atoms with van der Waals surface area (Å²) in [4.78, 5) is 3.85. The average molecular weight is 276 g/mol. The summed E-state index contributed by atoms with van der Waals surface area (Å²) in [6.07, 6.45) is 0.0794. The smallest absolute Gasteiger partial charge is 0.234 e. The van der Waals surface area contributed by atoms with Crippen molar-refractivity contribution in [2.75, 3.05) is 5.32 Å². The predicted molar refractivity (Wildman–Crippen MR) is 59.2 cm³/mol. The number of aromatic nitrogens is 1. The fourth-order valence-corrected chi connectivity index (χ4v) is 0.959. The molecule has 1 unspecified atom stereocenters. The summed E-state index contributed by atoms with van der Waals surface area (Å²) in [6, 6.07) is 3.16. The Morgan fingerprint density at radius 2 is 2.00 bits per heavy atom. The van der Waals surface area contributed by atoms with Crippen LogP contribution in [0.5, 0.6) is 0 Å². The number of anilines is 1. The molecule has 0 aliphatic carbocycles. The van der Waals surface area contributed by atoms with Gasteiger partial charge in [0.05, 0.1) is 5.02 Å². The van der Waals surface area contributed by atoms with Crippen LogP contribution in [-0.4, -0.2) is 20.1 Å². The van der Waals surface area contributed by atoms with Crippen LogP contribution < -0.4 is 5.32 Å². The molecule has 0 saturated heterocycles. The van der Waals surface area contributed by atoms with Crippen molar-refractivity contribution in [2.24, 2.45) is 0 Å². The Balaban J connectivity index is 2.65. The van der Waals surface area contributed by atoms with Gasteiger partial charge in [0.2, 0.25) is 3.79 Å². The number of rotatable bonds is 2. The number of nitrogens with one attached hydrogen (secondary N) is 1. The van der Waals surface area contributed by atoms with Crippen LogP contribution in [0, 0.1) is 0 Å². The van der Waals surface area contributed by atoms with E-state index in [0.717, 1.165) is 0 Å². The van der Waals surface area contributed by atoms with Gasteiger partial charge in [0.1, 0.15) is 5.82 Å². The third kappa shape index (κ3) is 3.67. The lowest BCUT2D eigenvalue weighted by molar-refractivity contribution is 0.207. The number of hydrogen-bond donors (Lipinski definition) is 2. The van der Waals surface area contributed by atoms with Crippen molar-refractivity contribution in [3.05, 3.63) is 23.4 Å². The van der Waals surface area contributed by atoms with Gasteiger partial charge in [-0.1, -0.05) is 46.4 Å². The Labute approximate surface area is 101 Å². The molecule has 7 heteroatoms. The highest BCUT2D eigenvalue weighted by Crippen LogP contribution is 2.30. The number of aliphatic hydroxyl groups is 1. The van der Waals surface area contributed by atoms with Crippen molar-refractivity contribution in [2.45, 2.75) is 10.0 Å². The van der Waals surface area contributed by atoms with Gasteiger partial charge in [0.25, 0.3) is 0 Å². The molecule has 1 rings (SSSR count). The van der Waals surface area contributed by atoms with Gasteiger partial charge < -0.3 is 10.4 Å². The Morgan fingerprint density at radius 1 is 1.36 bits per heavy atom. The molecule has 1 aromatic rings. The minimum atomic E-state index is -1.80. The zero-order chi connectivity index (χ0) is 10.8. The summed E-state index contributed by atoms with van der Waals surface area (Å²) in [6.45, 7) is 0. The molecule has 1 heterocycles. The van der Waals surface area contributed by atoms with Crippen molar-refractivity contribution in [3.8, 4) is 0 Å². The number of halogens is 4. The molecule has 0 spiro atoms. The monoisotopic (exact) mass is 274 g/mol. The Hall–Kier alpha value is 0.0700. The lowest BCUT2D eigenvalue weighted by atomic mass is 10.4. The molecule has 0 saturated carbocycles. The van der Waals surface area contributed by atoms with Gasteiger partial charge in [-0.3, -0.25) is 0 Å². The molecule has 2 N–H and O–H groups in total. The lowest BCUT2D eigenvalue weighted by Gasteiger charge is -2.20. The fraction of sp³-hybridized carbons (Fsp3) is 0.286. The molecule has 0 bridgehead atoms. The van der Waals surface area contributed by atoms with Gasteiger partial charge in [0.15, 0.2) is 6.23 Å². The maximum atomic E-state index is 9.33. The zero-order valence-corrected chi connectivity index (χ0v) is 9.74. The van der Waals surface area contributed by atoms with Gasteiger partial charge >= 0.3 is 0 Å². The molecule has 0 amide bonds. The second-order valence-electron chi connectivity index (χ2n) is 2.45. The first-order valence-electron chi connectivity index (χ1n) is 3.52. The minimum absolute atomic E-state index is 0.369. The maximum absolute atomic E-state index is 9.33. The average Bonchev–Trinajstić information content (AvgIpc) is 2.07. The lowest BCUT2D eigenvalue weighted by Crippen LogP contribution is -2.33. The van der Waals surface area contributed by atoms with E-state index in [1.54, 1.807) is 12.1 Å². The summed E-state index contributed by atoms with van der Waals surface area (Å²) < 4.78 is -1.80. The van der Waals surface area contributed by atoms with Crippen LogP contribution in [-0.2, 0) is 0 Å². The largest absolute Gasteiger partial charge is 0.369 e. The molecule has 1 atom stereocenters. The van der Waals surface area contributed by atoms with Crippen LogP contribution in [0.15, 0.2) is 18.3 Å². The highest BCUT2D eigenvalue weighted by molar-refractivity contribution is 6.68. The molecule has 14 heavy (non-hydrogen) atoms. The van der Waals surface area contributed by atoms with Crippen molar-refractivity contribution >= 4 is 52.2 Å². The first-order valence-corrected chi connectivity index (χ1v) is 5.03. The number of hydrogen-bond acceptors (Lipinski definition) is 3. The quantitative estimate of drug-likeness (QED) is 0.644. The van der Waals surface area contributed by atoms with E-state index in [1.165, 1.54) is 6.20 Å². The summed E-state index contributed by atoms with van der Waals surface area (Å²) in [5.74, 6) is 0.369. The van der Waals surface area contributed by atoms with E-state index in [2.05, 4.69) is 10.3 Å². The SMILES string of the molecule is OC(Nc1ccc(Cl)cn1)C(Cl)(Cl)Cl. The van der Waals surface area contributed by atoms with E-state index in [0.29, 0.717) is 10.8 Å². The number of nitrogens with zero attached hydrogens (tertiary/aromatic N) is 1. The zero-order valence-electron chi connectivity index (χ0n) is 6.72. The van der Waals surface area contributed by atoms with Crippen molar-refractivity contribution in [1.82, 2.24) is 4.98 Å². The molecular formula is C7H6Cl4N2O. The predicted octanol–water partition coefficient (Wildman–Crippen LogP) is 2.84. The van der Waals surface area contributed by atoms with Gasteiger partial charge in [-0.25, -0.2) is 4.98 Å². The van der Waals surface area contributed by atoms with E-state index in [9.17, 15) is 5.11 Å². The van der Waals surface area contributed by atoms with E-state index in [1.807, 2.05) is 0 Å². The second kappa shape index (κ2) is 4.73. The van der Waals surface area contributed by atoms with Crippen molar-refractivity contribution in [3.63, 3.8) is 0 Å². The number of alkyl halides is 3. The molecule has 0 aliphatic heterocycles. The first kappa shape index (κ1) is 12.1. The molecule has 0 radical (unpaired) electrons. The van der Waals surface area contributed by atoms with Crippen LogP contribution in [0.2, 0.25) is 5.02 Å². The van der Waals surface area contributed by atoms with Gasteiger partial charge in [-0.2, -0.15) is 0 Å². The van der Waals surface area contributed by atoms with E-state index in [-0.39, 0.29) is 0 Å². The van der Waals surface area contributed by atoms with Crippen LogP contribution in [0.4, 0.5) is 5.82 Å². The first-order chi connectivity index (χ1) is 6.39. The summed E-state index contributed by atoms with van der Waals surface area (Å²) in [7, 11) is 0. The van der Waals surface area contributed by atoms with Gasteiger partial charge in [-0.05, 0) is 12.1 Å². The Bertz CT molecular complexity index is 298.